The Bertz CT molecular complexity index is 60.7. The van der Waals surface area contributed by atoms with E-state index >= 15 is 0 Å². The maximum atomic E-state index is 5.38. The second kappa shape index (κ2) is 1.22. The number of fused-ring (bicyclic) bond motifs is 2. The van der Waals surface area contributed by atoms with Crippen LogP contribution in [0.3, 0.4) is 0 Å². The number of hydrogen-bond acceptors (Lipinski definition) is 1. The van der Waals surface area contributed by atoms with Crippen LogP contribution < -0.4 is 0 Å². The highest BCUT2D eigenvalue weighted by atomic mass is 16.5. The topological polar surface area (TPSA) is 9.23 Å². The summed E-state index contributed by atoms with van der Waals surface area (Å²) in [7, 11) is 0. The van der Waals surface area contributed by atoms with Crippen molar-refractivity contribution in [3.05, 3.63) is 0 Å². The Morgan fingerprint density at radius 1 is 1.14 bits per heavy atom. The van der Waals surface area contributed by atoms with E-state index in [1.54, 1.807) is 0 Å². The molecule has 0 N–H and O–H groups in total. The van der Waals surface area contributed by atoms with Crippen LogP contribution in [0.5, 0.6) is 0 Å². The predicted molar refractivity (Wildman–Crippen MR) is 27.1 cm³/mol. The van der Waals surface area contributed by atoms with Crippen molar-refractivity contribution in [1.82, 2.24) is 0 Å². The minimum Gasteiger partial charge on any atom is -0.375 e. The molecule has 1 aliphatic carbocycles. The zero-order chi connectivity index (χ0) is 4.69. The van der Waals surface area contributed by atoms with E-state index in [0.29, 0.717) is 12.2 Å². The molecule has 0 radical (unpaired) electrons. The largest absolute Gasteiger partial charge is 0.375 e. The molecule has 0 aromatic carbocycles. The van der Waals surface area contributed by atoms with Crippen molar-refractivity contribution in [1.29, 1.82) is 0 Å². The number of ether oxygens (including phenoxy) is 1. The molecule has 7 heavy (non-hydrogen) atoms. The van der Waals surface area contributed by atoms with Crippen LogP contribution in [0.1, 0.15) is 25.7 Å². The quantitative estimate of drug-likeness (QED) is 0.444. The van der Waals surface area contributed by atoms with Gasteiger partial charge in [-0.3, -0.25) is 0 Å². The van der Waals surface area contributed by atoms with Gasteiger partial charge in [0, 0.05) is 0 Å². The van der Waals surface area contributed by atoms with Crippen LogP contribution in [-0.4, -0.2) is 12.2 Å². The Kier molecular flexibility index (Phi) is 0.680. The maximum absolute atomic E-state index is 5.38. The molecule has 1 nitrogen and oxygen atoms in total. The van der Waals surface area contributed by atoms with E-state index in [-0.39, 0.29) is 0 Å². The highest BCUT2D eigenvalue weighted by Crippen LogP contribution is 2.33. The standard InChI is InChI=1S/C6H10O/c1-2-5-4-6(3-1)7-5/h5-6H,1-4H2. The summed E-state index contributed by atoms with van der Waals surface area (Å²) < 4.78 is 5.38. The summed E-state index contributed by atoms with van der Waals surface area (Å²) in [5.74, 6) is 0. The molecule has 2 bridgehead atoms. The van der Waals surface area contributed by atoms with Gasteiger partial charge in [0.15, 0.2) is 0 Å². The van der Waals surface area contributed by atoms with Gasteiger partial charge in [0.25, 0.3) is 0 Å². The van der Waals surface area contributed by atoms with Crippen LogP contribution in [-0.2, 0) is 4.74 Å². The molecule has 0 aromatic heterocycles. The fraction of sp³-hybridized carbons (Fsp3) is 1.00. The molecule has 2 saturated heterocycles. The summed E-state index contributed by atoms with van der Waals surface area (Å²) in [6.07, 6.45) is 6.79. The first-order chi connectivity index (χ1) is 3.45. The van der Waals surface area contributed by atoms with Crippen LogP contribution in [0, 0.1) is 0 Å². The molecule has 2 aliphatic heterocycles. The lowest BCUT2D eigenvalue weighted by Crippen LogP contribution is -2.41. The van der Waals surface area contributed by atoms with Gasteiger partial charge >= 0.3 is 0 Å². The molecule has 1 heteroatoms. The normalized spacial score (nSPS) is 48.0. The van der Waals surface area contributed by atoms with Gasteiger partial charge in [0.2, 0.25) is 0 Å². The van der Waals surface area contributed by atoms with Crippen molar-refractivity contribution in [2.45, 2.75) is 37.9 Å². The Morgan fingerprint density at radius 2 is 1.71 bits per heavy atom. The minimum absolute atomic E-state index is 0.679. The van der Waals surface area contributed by atoms with Crippen LogP contribution in [0.2, 0.25) is 0 Å². The smallest absolute Gasteiger partial charge is 0.0603 e. The van der Waals surface area contributed by atoms with E-state index in [0.717, 1.165) is 0 Å². The van der Waals surface area contributed by atoms with Crippen molar-refractivity contribution in [2.75, 3.05) is 0 Å². The summed E-state index contributed by atoms with van der Waals surface area (Å²) in [5, 5.41) is 0. The van der Waals surface area contributed by atoms with Gasteiger partial charge in [-0.2, -0.15) is 0 Å². The minimum atomic E-state index is 0.679. The van der Waals surface area contributed by atoms with Crippen molar-refractivity contribution < 1.29 is 4.74 Å². The van der Waals surface area contributed by atoms with Crippen molar-refractivity contribution in [3.8, 4) is 0 Å². The van der Waals surface area contributed by atoms with Gasteiger partial charge in [-0.1, -0.05) is 0 Å². The van der Waals surface area contributed by atoms with Gasteiger partial charge in [0.05, 0.1) is 12.2 Å². The van der Waals surface area contributed by atoms with Crippen LogP contribution in [0.25, 0.3) is 0 Å². The molecular weight excluding hydrogens is 88.1 g/mol. The lowest BCUT2D eigenvalue weighted by Gasteiger charge is -2.41. The third-order valence-corrected chi connectivity index (χ3v) is 1.96. The molecule has 1 saturated carbocycles. The molecule has 2 unspecified atom stereocenters. The molecule has 0 aromatic rings. The Balaban J connectivity index is 1.99. The number of hydrogen-bond donors (Lipinski definition) is 0. The van der Waals surface area contributed by atoms with Crippen molar-refractivity contribution >= 4 is 0 Å². The van der Waals surface area contributed by atoms with E-state index in [4.69, 9.17) is 4.74 Å². The van der Waals surface area contributed by atoms with Crippen molar-refractivity contribution in [2.24, 2.45) is 0 Å². The molecule has 3 rings (SSSR count). The van der Waals surface area contributed by atoms with E-state index in [1.807, 2.05) is 0 Å². The Hall–Kier alpha value is -0.0400. The summed E-state index contributed by atoms with van der Waals surface area (Å²) in [5.41, 5.74) is 0. The van der Waals surface area contributed by atoms with Crippen LogP contribution >= 0.6 is 0 Å². The summed E-state index contributed by atoms with van der Waals surface area (Å²) in [6, 6.07) is 0. The van der Waals surface area contributed by atoms with E-state index < -0.39 is 0 Å². The first-order valence-corrected chi connectivity index (χ1v) is 3.10. The average Bonchev–Trinajstić information content (AvgIpc) is 1.67. The monoisotopic (exact) mass is 98.1 g/mol. The van der Waals surface area contributed by atoms with E-state index in [9.17, 15) is 0 Å². The zero-order valence-corrected chi connectivity index (χ0v) is 4.39. The van der Waals surface area contributed by atoms with Crippen molar-refractivity contribution in [3.63, 3.8) is 0 Å². The number of rotatable bonds is 0. The molecule has 0 spiro atoms. The Morgan fingerprint density at radius 3 is 1.86 bits per heavy atom. The van der Waals surface area contributed by atoms with Crippen LogP contribution in [0.4, 0.5) is 0 Å². The lowest BCUT2D eigenvalue weighted by molar-refractivity contribution is -0.155. The second-order valence-corrected chi connectivity index (χ2v) is 2.55. The Labute approximate surface area is 43.7 Å². The van der Waals surface area contributed by atoms with E-state index in [1.165, 1.54) is 25.7 Å². The molecule has 2 heterocycles. The first kappa shape index (κ1) is 3.90. The third kappa shape index (κ3) is 0.480. The summed E-state index contributed by atoms with van der Waals surface area (Å²) in [6.45, 7) is 0. The summed E-state index contributed by atoms with van der Waals surface area (Å²) in [4.78, 5) is 0. The summed E-state index contributed by atoms with van der Waals surface area (Å²) >= 11 is 0. The highest BCUT2D eigenvalue weighted by Gasteiger charge is 2.33. The lowest BCUT2D eigenvalue weighted by atomic mass is 9.89. The molecule has 3 aliphatic rings. The highest BCUT2D eigenvalue weighted by molar-refractivity contribution is 4.82. The SMILES string of the molecule is C1CC2CC(C1)O2. The van der Waals surface area contributed by atoms with Gasteiger partial charge in [-0.15, -0.1) is 0 Å². The molecule has 3 fully saturated rings. The van der Waals surface area contributed by atoms with Gasteiger partial charge in [-0.05, 0) is 25.7 Å². The second-order valence-electron chi connectivity index (χ2n) is 2.55. The molecule has 0 amide bonds. The van der Waals surface area contributed by atoms with Crippen LogP contribution in [0.15, 0.2) is 0 Å². The third-order valence-electron chi connectivity index (χ3n) is 1.96. The first-order valence-electron chi connectivity index (χ1n) is 3.10. The maximum Gasteiger partial charge on any atom is 0.0603 e. The average molecular weight is 98.1 g/mol. The fourth-order valence-electron chi connectivity index (χ4n) is 1.50. The molecule has 2 atom stereocenters. The molecule has 40 valence electrons. The predicted octanol–water partition coefficient (Wildman–Crippen LogP) is 1.33. The fourth-order valence-corrected chi connectivity index (χ4v) is 1.50. The molecular formula is C6H10O. The van der Waals surface area contributed by atoms with Gasteiger partial charge in [-0.25, -0.2) is 0 Å². The van der Waals surface area contributed by atoms with Gasteiger partial charge in [0.1, 0.15) is 0 Å². The zero-order valence-electron chi connectivity index (χ0n) is 4.39. The van der Waals surface area contributed by atoms with Gasteiger partial charge < -0.3 is 4.74 Å². The van der Waals surface area contributed by atoms with E-state index in [2.05, 4.69) is 0 Å².